The molecule has 1 N–H and O–H groups in total. The van der Waals surface area contributed by atoms with Gasteiger partial charge >= 0.3 is 0 Å². The second kappa shape index (κ2) is 9.17. The number of hydrogen-bond acceptors (Lipinski definition) is 1. The minimum atomic E-state index is 0.267. The highest BCUT2D eigenvalue weighted by molar-refractivity contribution is 5.98. The molecule has 1 aliphatic carbocycles. The van der Waals surface area contributed by atoms with Gasteiger partial charge in [-0.25, -0.2) is 0 Å². The molecule has 0 saturated carbocycles. The first-order valence-corrected chi connectivity index (χ1v) is 12.7. The van der Waals surface area contributed by atoms with E-state index < -0.39 is 0 Å². The zero-order chi connectivity index (χ0) is 24.6. The first-order valence-electron chi connectivity index (χ1n) is 12.7. The lowest BCUT2D eigenvalue weighted by Crippen LogP contribution is -2.07. The van der Waals surface area contributed by atoms with Crippen LogP contribution in [0.4, 0.5) is 0 Å². The molecule has 5 aromatic rings. The smallest absolute Gasteiger partial charge is 0.116 e. The largest absolute Gasteiger partial charge is 0.508 e. The molecule has 1 unspecified atom stereocenters. The highest BCUT2D eigenvalue weighted by Gasteiger charge is 2.32. The molecule has 1 aliphatic rings. The number of aromatic hydroxyl groups is 1. The normalized spacial score (nSPS) is 17.3. The van der Waals surface area contributed by atoms with Gasteiger partial charge < -0.3 is 5.11 Å². The highest BCUT2D eigenvalue weighted by atomic mass is 16.3. The average molecular weight is 467 g/mol. The summed E-state index contributed by atoms with van der Waals surface area (Å²) in [4.78, 5) is 0. The van der Waals surface area contributed by atoms with E-state index in [0.717, 1.165) is 17.2 Å². The van der Waals surface area contributed by atoms with E-state index in [1.807, 2.05) is 12.1 Å². The third-order valence-corrected chi connectivity index (χ3v) is 7.69. The molecule has 0 saturated heterocycles. The summed E-state index contributed by atoms with van der Waals surface area (Å²) in [5.41, 5.74) is 10.4. The van der Waals surface area contributed by atoms with E-state index in [-0.39, 0.29) is 5.92 Å². The van der Waals surface area contributed by atoms with E-state index in [1.54, 1.807) is 6.07 Å². The second-order valence-corrected chi connectivity index (χ2v) is 10.1. The van der Waals surface area contributed by atoms with Crippen LogP contribution in [0.25, 0.3) is 27.5 Å². The molecule has 0 radical (unpaired) electrons. The van der Waals surface area contributed by atoms with E-state index in [0.29, 0.717) is 11.7 Å². The first-order chi connectivity index (χ1) is 17.6. The number of phenolic OH excluding ortho intramolecular Hbond substituents is 1. The van der Waals surface area contributed by atoms with Crippen LogP contribution >= 0.6 is 0 Å². The summed E-state index contributed by atoms with van der Waals surface area (Å²) in [6.07, 6.45) is 3.52. The minimum absolute atomic E-state index is 0.267. The van der Waals surface area contributed by atoms with E-state index in [2.05, 4.69) is 111 Å². The van der Waals surface area contributed by atoms with E-state index in [4.69, 9.17) is 0 Å². The molecule has 0 aliphatic heterocycles. The fraction of sp³-hybridized carbons (Fsp3) is 0.143. The van der Waals surface area contributed by atoms with E-state index in [9.17, 15) is 5.11 Å². The van der Waals surface area contributed by atoms with Crippen LogP contribution in [0.15, 0.2) is 115 Å². The third-order valence-electron chi connectivity index (χ3n) is 7.69. The lowest BCUT2D eigenvalue weighted by Gasteiger charge is -2.23. The Morgan fingerprint density at radius 3 is 2.22 bits per heavy atom. The molecule has 0 fully saturated rings. The molecule has 0 bridgehead atoms. The van der Waals surface area contributed by atoms with E-state index >= 15 is 0 Å². The lowest BCUT2D eigenvalue weighted by atomic mass is 9.80. The average Bonchev–Trinajstić information content (AvgIpc) is 3.34. The SMILES string of the molecule is Cc1ccc(C2=CC(c3cc(-c4ccccc4)c4cc(O)ccc4c3)[C@H](c3ccccc3C)C2)cc1. The van der Waals surface area contributed by atoms with Gasteiger partial charge in [0.1, 0.15) is 5.75 Å². The number of benzene rings is 5. The quantitative estimate of drug-likeness (QED) is 0.280. The van der Waals surface area contributed by atoms with Crippen molar-refractivity contribution in [1.29, 1.82) is 0 Å². The Balaban J connectivity index is 1.55. The van der Waals surface area contributed by atoms with Crippen molar-refractivity contribution in [2.75, 3.05) is 0 Å². The van der Waals surface area contributed by atoms with Gasteiger partial charge in [-0.1, -0.05) is 103 Å². The van der Waals surface area contributed by atoms with Crippen molar-refractivity contribution in [3.63, 3.8) is 0 Å². The number of allylic oxidation sites excluding steroid dienone is 2. The molecular weight excluding hydrogens is 436 g/mol. The van der Waals surface area contributed by atoms with Crippen LogP contribution in [0.5, 0.6) is 5.75 Å². The second-order valence-electron chi connectivity index (χ2n) is 10.1. The van der Waals surface area contributed by atoms with E-state index in [1.165, 1.54) is 44.5 Å². The summed E-state index contributed by atoms with van der Waals surface area (Å²) in [5, 5.41) is 12.5. The molecule has 36 heavy (non-hydrogen) atoms. The standard InChI is InChI=1S/C35H30O/c1-23-12-14-25(15-13-23)28-19-33(35(20-28)31-11-7-6-8-24(31)2)29-18-27-16-17-30(36)22-34(27)32(21-29)26-9-4-3-5-10-26/h3-19,21-22,33,35-36H,20H2,1-2H3/t33?,35-/m0/s1. The van der Waals surface area contributed by atoms with Crippen molar-refractivity contribution in [3.8, 4) is 16.9 Å². The van der Waals surface area contributed by atoms with Crippen LogP contribution in [0.3, 0.4) is 0 Å². The number of fused-ring (bicyclic) bond motifs is 1. The first kappa shape index (κ1) is 22.4. The van der Waals surface area contributed by atoms with Gasteiger partial charge in [-0.2, -0.15) is 0 Å². The molecule has 6 rings (SSSR count). The molecule has 0 heterocycles. The maximum Gasteiger partial charge on any atom is 0.116 e. The van der Waals surface area contributed by atoms with Crippen molar-refractivity contribution < 1.29 is 5.11 Å². The van der Waals surface area contributed by atoms with Gasteiger partial charge in [0.15, 0.2) is 0 Å². The molecule has 0 spiro atoms. The van der Waals surface area contributed by atoms with Gasteiger partial charge in [0, 0.05) is 5.92 Å². The van der Waals surface area contributed by atoms with Crippen molar-refractivity contribution in [1.82, 2.24) is 0 Å². The maximum atomic E-state index is 10.3. The van der Waals surface area contributed by atoms with Crippen LogP contribution in [0.1, 0.15) is 46.1 Å². The molecular formula is C35H30O. The van der Waals surface area contributed by atoms with Crippen LogP contribution in [-0.4, -0.2) is 5.11 Å². The summed E-state index contributed by atoms with van der Waals surface area (Å²) in [6, 6.07) is 38.7. The zero-order valence-electron chi connectivity index (χ0n) is 20.8. The maximum absolute atomic E-state index is 10.3. The van der Waals surface area contributed by atoms with Crippen LogP contribution < -0.4 is 0 Å². The monoisotopic (exact) mass is 466 g/mol. The van der Waals surface area contributed by atoms with Crippen molar-refractivity contribution in [2.24, 2.45) is 0 Å². The molecule has 1 nitrogen and oxygen atoms in total. The Hall–Kier alpha value is -4.10. The Kier molecular flexibility index (Phi) is 5.70. The predicted molar refractivity (Wildman–Crippen MR) is 151 cm³/mol. The minimum Gasteiger partial charge on any atom is -0.508 e. The third kappa shape index (κ3) is 4.12. The topological polar surface area (TPSA) is 20.2 Å². The number of aryl methyl sites for hydroxylation is 2. The highest BCUT2D eigenvalue weighted by Crippen LogP contribution is 2.50. The van der Waals surface area contributed by atoms with Gasteiger partial charge in [0.2, 0.25) is 0 Å². The van der Waals surface area contributed by atoms with Gasteiger partial charge in [0.25, 0.3) is 0 Å². The van der Waals surface area contributed by atoms with Crippen molar-refractivity contribution in [2.45, 2.75) is 32.1 Å². The Bertz CT molecular complexity index is 1580. The Morgan fingerprint density at radius 2 is 1.44 bits per heavy atom. The number of rotatable bonds is 4. The Labute approximate surface area is 213 Å². The fourth-order valence-electron chi connectivity index (χ4n) is 5.80. The number of phenols is 1. The molecule has 0 amide bonds. The molecule has 1 heteroatoms. The molecule has 0 aromatic heterocycles. The van der Waals surface area contributed by atoms with Gasteiger partial charge in [0.05, 0.1) is 0 Å². The summed E-state index contributed by atoms with van der Waals surface area (Å²) in [6.45, 7) is 4.37. The number of hydrogen-bond donors (Lipinski definition) is 1. The van der Waals surface area contributed by atoms with Gasteiger partial charge in [-0.3, -0.25) is 0 Å². The van der Waals surface area contributed by atoms with Gasteiger partial charge in [-0.05, 0) is 94.1 Å². The van der Waals surface area contributed by atoms with Crippen molar-refractivity contribution >= 4 is 16.3 Å². The molecule has 5 aromatic carbocycles. The van der Waals surface area contributed by atoms with Crippen molar-refractivity contribution in [3.05, 3.63) is 143 Å². The summed E-state index contributed by atoms with van der Waals surface area (Å²) >= 11 is 0. The Morgan fingerprint density at radius 1 is 0.694 bits per heavy atom. The fourth-order valence-corrected chi connectivity index (χ4v) is 5.80. The van der Waals surface area contributed by atoms with Crippen LogP contribution in [-0.2, 0) is 0 Å². The van der Waals surface area contributed by atoms with Crippen LogP contribution in [0.2, 0.25) is 0 Å². The lowest BCUT2D eigenvalue weighted by molar-refractivity contribution is 0.476. The van der Waals surface area contributed by atoms with Crippen LogP contribution in [0, 0.1) is 13.8 Å². The zero-order valence-corrected chi connectivity index (χ0v) is 20.8. The summed E-state index contributed by atoms with van der Waals surface area (Å²) in [5.74, 6) is 0.941. The predicted octanol–water partition coefficient (Wildman–Crippen LogP) is 9.18. The van der Waals surface area contributed by atoms with Gasteiger partial charge in [-0.15, -0.1) is 0 Å². The summed E-state index contributed by atoms with van der Waals surface area (Å²) in [7, 11) is 0. The summed E-state index contributed by atoms with van der Waals surface area (Å²) < 4.78 is 0. The molecule has 176 valence electrons. The molecule has 2 atom stereocenters.